The number of hydrogen-bond donors (Lipinski definition) is 2. The van der Waals surface area contributed by atoms with Crippen LogP contribution in [0, 0.1) is 6.92 Å². The first-order valence-electron chi connectivity index (χ1n) is 7.49. The second-order valence-corrected chi connectivity index (χ2v) is 7.16. The maximum absolute atomic E-state index is 12.1. The van der Waals surface area contributed by atoms with Crippen molar-refractivity contribution in [3.63, 3.8) is 0 Å². The Hall–Kier alpha value is -2.32. The summed E-state index contributed by atoms with van der Waals surface area (Å²) in [5, 5.41) is 11.5. The molecule has 3 rings (SSSR count). The van der Waals surface area contributed by atoms with E-state index in [9.17, 15) is 4.79 Å². The summed E-state index contributed by atoms with van der Waals surface area (Å²) in [4.78, 5) is 12.1. The number of nitrogen functional groups attached to an aromatic ring is 1. The zero-order valence-corrected chi connectivity index (χ0v) is 15.8. The number of nitrogens with zero attached hydrogens (tertiary/aromatic N) is 3. The van der Waals surface area contributed by atoms with E-state index in [2.05, 4.69) is 31.4 Å². The summed E-state index contributed by atoms with van der Waals surface area (Å²) in [7, 11) is 0. The van der Waals surface area contributed by atoms with Crippen LogP contribution in [-0.4, -0.2) is 26.5 Å². The number of hydrogen-bond acceptors (Lipinski definition) is 5. The fourth-order valence-electron chi connectivity index (χ4n) is 2.17. The number of benzene rings is 2. The van der Waals surface area contributed by atoms with Gasteiger partial charge in [-0.3, -0.25) is 4.79 Å². The maximum Gasteiger partial charge on any atom is 0.234 e. The fraction of sp³-hybridized carbons (Fsp3) is 0.118. The summed E-state index contributed by atoms with van der Waals surface area (Å²) in [6.07, 6.45) is 0. The fourth-order valence-corrected chi connectivity index (χ4v) is 3.28. The third-order valence-electron chi connectivity index (χ3n) is 3.45. The lowest BCUT2D eigenvalue weighted by molar-refractivity contribution is -0.113. The lowest BCUT2D eigenvalue weighted by atomic mass is 10.2. The highest BCUT2D eigenvalue weighted by Gasteiger charge is 2.15. The molecule has 0 aliphatic heterocycles. The number of thioether (sulfide) groups is 1. The number of carbonyl (C=O) groups excluding carboxylic acids is 1. The molecule has 1 heterocycles. The zero-order chi connectivity index (χ0) is 17.8. The highest BCUT2D eigenvalue weighted by molar-refractivity contribution is 9.10. The third-order valence-corrected chi connectivity index (χ3v) is 5.08. The SMILES string of the molecule is Cc1ccc(NC(=O)CSc2nnc(-c3ccccc3Br)n2N)cc1. The summed E-state index contributed by atoms with van der Waals surface area (Å²) >= 11 is 4.71. The van der Waals surface area contributed by atoms with Crippen LogP contribution in [0.15, 0.2) is 58.2 Å². The molecular formula is C17H16BrN5OS. The Balaban J connectivity index is 1.65. The van der Waals surface area contributed by atoms with E-state index in [1.165, 1.54) is 16.4 Å². The molecule has 25 heavy (non-hydrogen) atoms. The Morgan fingerprint density at radius 1 is 1.20 bits per heavy atom. The lowest BCUT2D eigenvalue weighted by Gasteiger charge is -2.06. The third kappa shape index (κ3) is 4.21. The predicted molar refractivity (Wildman–Crippen MR) is 104 cm³/mol. The molecule has 6 nitrogen and oxygen atoms in total. The van der Waals surface area contributed by atoms with Gasteiger partial charge in [-0.05, 0) is 31.2 Å². The number of nitrogens with two attached hydrogens (primary N) is 1. The van der Waals surface area contributed by atoms with E-state index in [4.69, 9.17) is 5.84 Å². The molecule has 0 unspecified atom stereocenters. The number of aryl methyl sites for hydroxylation is 1. The molecule has 8 heteroatoms. The van der Waals surface area contributed by atoms with Crippen molar-refractivity contribution in [2.45, 2.75) is 12.1 Å². The maximum atomic E-state index is 12.1. The predicted octanol–water partition coefficient (Wildman–Crippen LogP) is 3.46. The van der Waals surface area contributed by atoms with Crippen molar-refractivity contribution < 1.29 is 4.79 Å². The van der Waals surface area contributed by atoms with Gasteiger partial charge in [0.05, 0.1) is 5.75 Å². The number of carbonyl (C=O) groups is 1. The molecule has 3 aromatic rings. The van der Waals surface area contributed by atoms with Gasteiger partial charge >= 0.3 is 0 Å². The van der Waals surface area contributed by atoms with Crippen molar-refractivity contribution in [3.05, 3.63) is 58.6 Å². The molecule has 0 bridgehead atoms. The molecule has 128 valence electrons. The molecule has 1 aromatic heterocycles. The van der Waals surface area contributed by atoms with E-state index in [1.807, 2.05) is 55.5 Å². The van der Waals surface area contributed by atoms with E-state index in [0.717, 1.165) is 21.3 Å². The minimum Gasteiger partial charge on any atom is -0.335 e. The summed E-state index contributed by atoms with van der Waals surface area (Å²) in [6, 6.07) is 15.3. The van der Waals surface area contributed by atoms with Crippen molar-refractivity contribution >= 4 is 39.3 Å². The first-order chi connectivity index (χ1) is 12.0. The lowest BCUT2D eigenvalue weighted by Crippen LogP contribution is -2.16. The van der Waals surface area contributed by atoms with Crippen LogP contribution in [0.1, 0.15) is 5.56 Å². The van der Waals surface area contributed by atoms with Crippen molar-refractivity contribution in [3.8, 4) is 11.4 Å². The van der Waals surface area contributed by atoms with Gasteiger partial charge < -0.3 is 11.2 Å². The first-order valence-corrected chi connectivity index (χ1v) is 9.27. The van der Waals surface area contributed by atoms with Gasteiger partial charge in [0.15, 0.2) is 5.82 Å². The van der Waals surface area contributed by atoms with Crippen LogP contribution in [-0.2, 0) is 4.79 Å². The van der Waals surface area contributed by atoms with E-state index < -0.39 is 0 Å². The standard InChI is InChI=1S/C17H16BrN5OS/c1-11-6-8-12(9-7-11)20-15(24)10-25-17-22-21-16(23(17)19)13-4-2-3-5-14(13)18/h2-9H,10,19H2,1H3,(H,20,24). The van der Waals surface area contributed by atoms with Gasteiger partial charge in [-0.1, -0.05) is 57.5 Å². The number of nitrogens with one attached hydrogen (secondary N) is 1. The minimum absolute atomic E-state index is 0.126. The summed E-state index contributed by atoms with van der Waals surface area (Å²) < 4.78 is 2.27. The largest absolute Gasteiger partial charge is 0.335 e. The van der Waals surface area contributed by atoms with Crippen LogP contribution in [0.2, 0.25) is 0 Å². The molecule has 0 atom stereocenters. The van der Waals surface area contributed by atoms with Gasteiger partial charge in [-0.15, -0.1) is 10.2 Å². The van der Waals surface area contributed by atoms with E-state index in [-0.39, 0.29) is 11.7 Å². The van der Waals surface area contributed by atoms with Crippen LogP contribution in [0.5, 0.6) is 0 Å². The Kier molecular flexibility index (Phi) is 5.40. The van der Waals surface area contributed by atoms with Crippen LogP contribution in [0.25, 0.3) is 11.4 Å². The highest BCUT2D eigenvalue weighted by Crippen LogP contribution is 2.27. The van der Waals surface area contributed by atoms with E-state index >= 15 is 0 Å². The number of halogens is 1. The van der Waals surface area contributed by atoms with Gasteiger partial charge in [0.2, 0.25) is 11.1 Å². The molecule has 3 N–H and O–H groups in total. The average molecular weight is 418 g/mol. The Morgan fingerprint density at radius 3 is 2.64 bits per heavy atom. The zero-order valence-electron chi connectivity index (χ0n) is 13.4. The van der Waals surface area contributed by atoms with Crippen molar-refractivity contribution in [2.24, 2.45) is 0 Å². The van der Waals surface area contributed by atoms with Crippen LogP contribution >= 0.6 is 27.7 Å². The topological polar surface area (TPSA) is 85.8 Å². The van der Waals surface area contributed by atoms with Gasteiger partial charge in [-0.25, -0.2) is 4.68 Å². The molecule has 0 saturated carbocycles. The van der Waals surface area contributed by atoms with Gasteiger partial charge in [0.1, 0.15) is 0 Å². The second-order valence-electron chi connectivity index (χ2n) is 5.36. The molecule has 2 aromatic carbocycles. The van der Waals surface area contributed by atoms with Crippen LogP contribution in [0.3, 0.4) is 0 Å². The molecule has 1 amide bonds. The number of amides is 1. The van der Waals surface area contributed by atoms with Crippen molar-refractivity contribution in [1.82, 2.24) is 14.9 Å². The molecule has 0 radical (unpaired) electrons. The highest BCUT2D eigenvalue weighted by atomic mass is 79.9. The summed E-state index contributed by atoms with van der Waals surface area (Å²) in [5.41, 5.74) is 2.75. The Bertz CT molecular complexity index is 894. The molecule has 0 fully saturated rings. The Labute approximate surface area is 157 Å². The molecule has 0 aliphatic rings. The first kappa shape index (κ1) is 17.5. The van der Waals surface area contributed by atoms with Gasteiger partial charge in [-0.2, -0.15) is 0 Å². The number of anilines is 1. The summed E-state index contributed by atoms with van der Waals surface area (Å²) in [6.45, 7) is 2.00. The monoisotopic (exact) mass is 417 g/mol. The minimum atomic E-state index is -0.126. The van der Waals surface area contributed by atoms with E-state index in [0.29, 0.717) is 11.0 Å². The van der Waals surface area contributed by atoms with Crippen LogP contribution in [0.4, 0.5) is 5.69 Å². The van der Waals surface area contributed by atoms with Gasteiger partial charge in [0, 0.05) is 15.7 Å². The van der Waals surface area contributed by atoms with Crippen molar-refractivity contribution in [1.29, 1.82) is 0 Å². The van der Waals surface area contributed by atoms with Crippen LogP contribution < -0.4 is 11.2 Å². The molecule has 0 saturated heterocycles. The Morgan fingerprint density at radius 2 is 1.92 bits per heavy atom. The average Bonchev–Trinajstić information content (AvgIpc) is 2.96. The van der Waals surface area contributed by atoms with E-state index in [1.54, 1.807) is 0 Å². The number of rotatable bonds is 5. The molecule has 0 aliphatic carbocycles. The smallest absolute Gasteiger partial charge is 0.234 e. The number of aromatic nitrogens is 3. The van der Waals surface area contributed by atoms with Crippen molar-refractivity contribution in [2.75, 3.05) is 16.9 Å². The quantitative estimate of drug-likeness (QED) is 0.490. The second kappa shape index (κ2) is 7.71. The molecule has 0 spiro atoms. The molecular weight excluding hydrogens is 402 g/mol. The normalized spacial score (nSPS) is 10.6. The van der Waals surface area contributed by atoms with Gasteiger partial charge in [0.25, 0.3) is 0 Å². The summed E-state index contributed by atoms with van der Waals surface area (Å²) in [5.74, 6) is 6.68.